The van der Waals surface area contributed by atoms with Crippen LogP contribution in [0.5, 0.6) is 0 Å². The number of ether oxygens (including phenoxy) is 1. The molecule has 0 unspecified atom stereocenters. The van der Waals surface area contributed by atoms with Crippen LogP contribution in [0.15, 0.2) is 24.3 Å². The molecule has 0 spiro atoms. The maximum Gasteiger partial charge on any atom is 0.0719 e. The summed E-state index contributed by atoms with van der Waals surface area (Å²) in [6.07, 6.45) is 0. The Hall–Kier alpha value is -0.860. The predicted molar refractivity (Wildman–Crippen MR) is 68.3 cm³/mol. The van der Waals surface area contributed by atoms with Gasteiger partial charge in [0.2, 0.25) is 0 Å². The van der Waals surface area contributed by atoms with Gasteiger partial charge in [0.15, 0.2) is 0 Å². The largest absolute Gasteiger partial charge is 0.377 e. The first-order chi connectivity index (χ1) is 7.74. The van der Waals surface area contributed by atoms with Gasteiger partial charge < -0.3 is 10.1 Å². The van der Waals surface area contributed by atoms with Gasteiger partial charge >= 0.3 is 0 Å². The van der Waals surface area contributed by atoms with E-state index in [1.165, 1.54) is 11.1 Å². The summed E-state index contributed by atoms with van der Waals surface area (Å²) in [6, 6.07) is 8.46. The maximum atomic E-state index is 5.46. The predicted octanol–water partition coefficient (Wildman–Crippen LogP) is 2.97. The molecule has 0 aliphatic heterocycles. The Morgan fingerprint density at radius 2 is 1.88 bits per heavy atom. The summed E-state index contributed by atoms with van der Waals surface area (Å²) in [5.74, 6) is 0.694. The molecule has 2 nitrogen and oxygen atoms in total. The summed E-state index contributed by atoms with van der Waals surface area (Å²) in [5.41, 5.74) is 2.64. The van der Waals surface area contributed by atoms with E-state index in [4.69, 9.17) is 4.74 Å². The summed E-state index contributed by atoms with van der Waals surface area (Å²) >= 11 is 0. The summed E-state index contributed by atoms with van der Waals surface area (Å²) in [5, 5.41) is 3.46. The molecule has 16 heavy (non-hydrogen) atoms. The number of hydrogen-bond acceptors (Lipinski definition) is 2. The van der Waals surface area contributed by atoms with Gasteiger partial charge in [0.1, 0.15) is 0 Å². The Bertz CT molecular complexity index is 297. The average molecular weight is 221 g/mol. The van der Waals surface area contributed by atoms with E-state index in [-0.39, 0.29) is 0 Å². The van der Waals surface area contributed by atoms with Crippen molar-refractivity contribution >= 4 is 0 Å². The van der Waals surface area contributed by atoms with E-state index in [9.17, 15) is 0 Å². The molecule has 1 N–H and O–H groups in total. The third kappa shape index (κ3) is 4.77. The minimum atomic E-state index is 0.694. The lowest BCUT2D eigenvalue weighted by Crippen LogP contribution is -2.19. The van der Waals surface area contributed by atoms with Gasteiger partial charge in [0.05, 0.1) is 6.61 Å². The Kier molecular flexibility index (Phi) is 6.12. The van der Waals surface area contributed by atoms with E-state index in [1.54, 1.807) is 0 Å². The van der Waals surface area contributed by atoms with E-state index in [0.29, 0.717) is 5.92 Å². The van der Waals surface area contributed by atoms with Crippen LogP contribution in [0.3, 0.4) is 0 Å². The normalized spacial score (nSPS) is 11.0. The quantitative estimate of drug-likeness (QED) is 0.764. The zero-order valence-corrected chi connectivity index (χ0v) is 10.6. The fraction of sp³-hybridized carbons (Fsp3) is 0.571. The Morgan fingerprint density at radius 1 is 1.19 bits per heavy atom. The van der Waals surface area contributed by atoms with Gasteiger partial charge in [-0.25, -0.2) is 0 Å². The molecular formula is C14H23NO. The van der Waals surface area contributed by atoms with E-state index in [0.717, 1.165) is 26.3 Å². The standard InChI is InChI=1S/C14H23NO/c1-4-16-11-14-8-6-5-7-13(14)10-15-9-12(2)3/h5-8,12,15H,4,9-11H2,1-3H3. The smallest absolute Gasteiger partial charge is 0.0719 e. The van der Waals surface area contributed by atoms with Crippen LogP contribution >= 0.6 is 0 Å². The monoisotopic (exact) mass is 221 g/mol. The molecule has 0 bridgehead atoms. The van der Waals surface area contributed by atoms with Crippen LogP contribution in [0.4, 0.5) is 0 Å². The van der Waals surface area contributed by atoms with Crippen molar-refractivity contribution in [2.24, 2.45) is 5.92 Å². The summed E-state index contributed by atoms with van der Waals surface area (Å²) < 4.78 is 5.46. The molecule has 0 fully saturated rings. The molecule has 0 aliphatic rings. The second kappa shape index (κ2) is 7.42. The molecule has 0 saturated heterocycles. The highest BCUT2D eigenvalue weighted by Gasteiger charge is 2.01. The Morgan fingerprint density at radius 3 is 2.50 bits per heavy atom. The van der Waals surface area contributed by atoms with E-state index < -0.39 is 0 Å². The topological polar surface area (TPSA) is 21.3 Å². The fourth-order valence-corrected chi connectivity index (χ4v) is 1.58. The molecule has 1 rings (SSSR count). The van der Waals surface area contributed by atoms with Crippen LogP contribution in [0.2, 0.25) is 0 Å². The van der Waals surface area contributed by atoms with Crippen molar-refractivity contribution < 1.29 is 4.74 Å². The molecule has 0 aliphatic carbocycles. The molecule has 0 radical (unpaired) electrons. The zero-order valence-electron chi connectivity index (χ0n) is 10.6. The van der Waals surface area contributed by atoms with Crippen molar-refractivity contribution in [3.05, 3.63) is 35.4 Å². The lowest BCUT2D eigenvalue weighted by molar-refractivity contribution is 0.133. The van der Waals surface area contributed by atoms with E-state index in [2.05, 4.69) is 43.4 Å². The summed E-state index contributed by atoms with van der Waals surface area (Å²) in [7, 11) is 0. The third-order valence-corrected chi connectivity index (χ3v) is 2.45. The highest BCUT2D eigenvalue weighted by Crippen LogP contribution is 2.10. The van der Waals surface area contributed by atoms with E-state index >= 15 is 0 Å². The molecule has 90 valence electrons. The van der Waals surface area contributed by atoms with Gasteiger partial charge in [0, 0.05) is 13.2 Å². The van der Waals surface area contributed by atoms with Gasteiger partial charge in [-0.2, -0.15) is 0 Å². The number of nitrogens with one attached hydrogen (secondary N) is 1. The highest BCUT2D eigenvalue weighted by molar-refractivity contribution is 5.26. The molecule has 0 heterocycles. The minimum absolute atomic E-state index is 0.694. The second-order valence-corrected chi connectivity index (χ2v) is 4.43. The van der Waals surface area contributed by atoms with Crippen molar-refractivity contribution in [3.63, 3.8) is 0 Å². The van der Waals surface area contributed by atoms with Crippen LogP contribution in [0.25, 0.3) is 0 Å². The van der Waals surface area contributed by atoms with Crippen LogP contribution in [0, 0.1) is 5.92 Å². The van der Waals surface area contributed by atoms with Gasteiger partial charge in [-0.3, -0.25) is 0 Å². The first-order valence-electron chi connectivity index (χ1n) is 6.09. The van der Waals surface area contributed by atoms with Gasteiger partial charge in [0.25, 0.3) is 0 Å². The Labute approximate surface area is 99.0 Å². The van der Waals surface area contributed by atoms with Gasteiger partial charge in [-0.1, -0.05) is 38.1 Å². The summed E-state index contributed by atoms with van der Waals surface area (Å²) in [4.78, 5) is 0. The first kappa shape index (κ1) is 13.2. The van der Waals surface area contributed by atoms with Crippen molar-refractivity contribution in [1.82, 2.24) is 5.32 Å². The molecule has 1 aromatic carbocycles. The van der Waals surface area contributed by atoms with Crippen molar-refractivity contribution in [2.45, 2.75) is 33.9 Å². The maximum absolute atomic E-state index is 5.46. The highest BCUT2D eigenvalue weighted by atomic mass is 16.5. The molecule has 0 aromatic heterocycles. The molecule has 2 heteroatoms. The fourth-order valence-electron chi connectivity index (χ4n) is 1.58. The molecule has 0 amide bonds. The van der Waals surface area contributed by atoms with Gasteiger partial charge in [-0.15, -0.1) is 0 Å². The Balaban J connectivity index is 2.49. The number of rotatable bonds is 7. The number of benzene rings is 1. The van der Waals surface area contributed by atoms with E-state index in [1.807, 2.05) is 6.92 Å². The van der Waals surface area contributed by atoms with Crippen molar-refractivity contribution in [2.75, 3.05) is 13.2 Å². The average Bonchev–Trinajstić information content (AvgIpc) is 2.27. The van der Waals surface area contributed by atoms with Gasteiger partial charge in [-0.05, 0) is 30.5 Å². The number of hydrogen-bond donors (Lipinski definition) is 1. The van der Waals surface area contributed by atoms with Crippen molar-refractivity contribution in [1.29, 1.82) is 0 Å². The van der Waals surface area contributed by atoms with Crippen LogP contribution in [-0.2, 0) is 17.9 Å². The van der Waals surface area contributed by atoms with Crippen LogP contribution in [0.1, 0.15) is 31.9 Å². The van der Waals surface area contributed by atoms with Crippen molar-refractivity contribution in [3.8, 4) is 0 Å². The molecule has 0 saturated carbocycles. The van der Waals surface area contributed by atoms with Crippen LogP contribution < -0.4 is 5.32 Å². The lowest BCUT2D eigenvalue weighted by atomic mass is 10.1. The SMILES string of the molecule is CCOCc1ccccc1CNCC(C)C. The zero-order chi connectivity index (χ0) is 11.8. The molecular weight excluding hydrogens is 198 g/mol. The minimum Gasteiger partial charge on any atom is -0.377 e. The van der Waals surface area contributed by atoms with Crippen LogP contribution in [-0.4, -0.2) is 13.2 Å². The molecule has 0 atom stereocenters. The molecule has 1 aromatic rings. The summed E-state index contributed by atoms with van der Waals surface area (Å²) in [6.45, 7) is 9.95. The second-order valence-electron chi connectivity index (χ2n) is 4.43. The third-order valence-electron chi connectivity index (χ3n) is 2.45. The lowest BCUT2D eigenvalue weighted by Gasteiger charge is -2.11. The first-order valence-corrected chi connectivity index (χ1v) is 6.09.